The van der Waals surface area contributed by atoms with Crippen molar-refractivity contribution in [2.45, 2.75) is 25.7 Å². The van der Waals surface area contributed by atoms with Crippen LogP contribution in [0.5, 0.6) is 0 Å². The Morgan fingerprint density at radius 2 is 2.17 bits per heavy atom. The van der Waals surface area contributed by atoms with E-state index in [0.717, 1.165) is 17.8 Å². The lowest BCUT2D eigenvalue weighted by Gasteiger charge is -2.24. The Kier molecular flexibility index (Phi) is 4.22. The molecule has 1 atom stereocenters. The van der Waals surface area contributed by atoms with Gasteiger partial charge >= 0.3 is 5.97 Å². The molecule has 4 nitrogen and oxygen atoms in total. The fourth-order valence-corrected chi connectivity index (χ4v) is 3.12. The molecule has 0 N–H and O–H groups in total. The number of hydrogen-bond acceptors (Lipinski definition) is 4. The number of halogens is 2. The number of methoxy groups -OCH3 is 1. The van der Waals surface area contributed by atoms with Gasteiger partial charge in [-0.3, -0.25) is 0 Å². The zero-order chi connectivity index (χ0) is 17.5. The predicted molar refractivity (Wildman–Crippen MR) is 91.6 cm³/mol. The van der Waals surface area contributed by atoms with Crippen LogP contribution in [0.4, 0.5) is 15.8 Å². The molecule has 24 heavy (non-hydrogen) atoms. The molecule has 6 heteroatoms. The fourth-order valence-electron chi connectivity index (χ4n) is 3.00. The monoisotopic (exact) mass is 348 g/mol. The summed E-state index contributed by atoms with van der Waals surface area (Å²) in [6, 6.07) is 8.21. The second-order valence-electron chi connectivity index (χ2n) is 6.15. The molecule has 1 aliphatic rings. The Morgan fingerprint density at radius 1 is 1.42 bits per heavy atom. The number of benzene rings is 1. The minimum atomic E-state index is -0.466. The van der Waals surface area contributed by atoms with Crippen LogP contribution in [0.1, 0.15) is 36.5 Å². The molecule has 0 radical (unpaired) electrons. The van der Waals surface area contributed by atoms with Crippen LogP contribution in [0.15, 0.2) is 30.3 Å². The van der Waals surface area contributed by atoms with Crippen molar-refractivity contribution in [1.29, 1.82) is 0 Å². The van der Waals surface area contributed by atoms with E-state index in [4.69, 9.17) is 16.3 Å². The van der Waals surface area contributed by atoms with E-state index in [0.29, 0.717) is 12.2 Å². The van der Waals surface area contributed by atoms with E-state index in [1.165, 1.54) is 13.2 Å². The third kappa shape index (κ3) is 2.63. The van der Waals surface area contributed by atoms with Gasteiger partial charge in [0.15, 0.2) is 0 Å². The van der Waals surface area contributed by atoms with Crippen LogP contribution < -0.4 is 4.90 Å². The second kappa shape index (κ2) is 6.06. The highest BCUT2D eigenvalue weighted by molar-refractivity contribution is 6.30. The molecule has 126 valence electrons. The summed E-state index contributed by atoms with van der Waals surface area (Å²) in [7, 11) is 1.33. The summed E-state index contributed by atoms with van der Waals surface area (Å²) >= 11 is 5.79. The van der Waals surface area contributed by atoms with Gasteiger partial charge in [0.2, 0.25) is 0 Å². The first kappa shape index (κ1) is 16.7. The van der Waals surface area contributed by atoms with Crippen LogP contribution in [0.25, 0.3) is 0 Å². The van der Waals surface area contributed by atoms with E-state index in [9.17, 15) is 9.18 Å². The minimum absolute atomic E-state index is 0.0931. The molecule has 0 bridgehead atoms. The molecule has 3 rings (SSSR count). The predicted octanol–water partition coefficient (Wildman–Crippen LogP) is 4.48. The highest BCUT2D eigenvalue weighted by Gasteiger charge is 2.40. The van der Waals surface area contributed by atoms with Gasteiger partial charge in [-0.2, -0.15) is 0 Å². The number of nitrogens with zero attached hydrogens (tertiary/aromatic N) is 2. The third-order valence-electron chi connectivity index (χ3n) is 4.63. The molecule has 1 aliphatic heterocycles. The van der Waals surface area contributed by atoms with Crippen molar-refractivity contribution in [2.24, 2.45) is 0 Å². The summed E-state index contributed by atoms with van der Waals surface area (Å²) in [6.45, 7) is 4.81. The van der Waals surface area contributed by atoms with Gasteiger partial charge in [0.05, 0.1) is 23.5 Å². The van der Waals surface area contributed by atoms with Crippen molar-refractivity contribution in [1.82, 2.24) is 4.98 Å². The molecule has 0 aliphatic carbocycles. The highest BCUT2D eigenvalue weighted by atomic mass is 35.5. The van der Waals surface area contributed by atoms with Gasteiger partial charge in [0, 0.05) is 17.6 Å². The smallest absolute Gasteiger partial charge is 0.356 e. The lowest BCUT2D eigenvalue weighted by molar-refractivity contribution is 0.0593. The van der Waals surface area contributed by atoms with Gasteiger partial charge in [-0.25, -0.2) is 14.2 Å². The fraction of sp³-hybridized carbons (Fsp3) is 0.333. The van der Waals surface area contributed by atoms with Crippen LogP contribution in [0, 0.1) is 5.82 Å². The van der Waals surface area contributed by atoms with Gasteiger partial charge in [0.25, 0.3) is 0 Å². The molecule has 2 heterocycles. The third-order valence-corrected chi connectivity index (χ3v) is 4.94. The first-order valence-corrected chi connectivity index (χ1v) is 8.10. The minimum Gasteiger partial charge on any atom is -0.464 e. The number of rotatable bonds is 3. The molecule has 1 aromatic heterocycles. The summed E-state index contributed by atoms with van der Waals surface area (Å²) in [4.78, 5) is 18.3. The van der Waals surface area contributed by atoms with E-state index in [1.54, 1.807) is 18.2 Å². The topological polar surface area (TPSA) is 42.4 Å². The van der Waals surface area contributed by atoms with Crippen LogP contribution in [-0.2, 0) is 10.2 Å². The molecule has 2 aromatic rings. The highest BCUT2D eigenvalue weighted by Crippen LogP contribution is 2.45. The number of ether oxygens (including phenoxy) is 1. The summed E-state index contributed by atoms with van der Waals surface area (Å²) in [5, 5.41) is 0.0931. The average Bonchev–Trinajstić information content (AvgIpc) is 2.90. The molecule has 1 aromatic carbocycles. The van der Waals surface area contributed by atoms with Crippen molar-refractivity contribution in [3.8, 4) is 0 Å². The lowest BCUT2D eigenvalue weighted by atomic mass is 9.85. The largest absolute Gasteiger partial charge is 0.464 e. The molecule has 0 saturated carbocycles. The van der Waals surface area contributed by atoms with Gasteiger partial charge in [-0.1, -0.05) is 25.4 Å². The van der Waals surface area contributed by atoms with E-state index < -0.39 is 11.8 Å². The van der Waals surface area contributed by atoms with Crippen molar-refractivity contribution in [2.75, 3.05) is 18.6 Å². The molecule has 0 spiro atoms. The van der Waals surface area contributed by atoms with E-state index in [2.05, 4.69) is 18.8 Å². The molecule has 0 saturated heterocycles. The maximum Gasteiger partial charge on any atom is 0.356 e. The summed E-state index contributed by atoms with van der Waals surface area (Å²) in [5.41, 5.74) is 2.44. The summed E-state index contributed by atoms with van der Waals surface area (Å²) < 4.78 is 18.6. The first-order chi connectivity index (χ1) is 11.4. The zero-order valence-corrected chi connectivity index (χ0v) is 14.5. The van der Waals surface area contributed by atoms with Crippen LogP contribution >= 0.6 is 11.6 Å². The van der Waals surface area contributed by atoms with Crippen LogP contribution in [0.3, 0.4) is 0 Å². The van der Waals surface area contributed by atoms with E-state index >= 15 is 0 Å². The van der Waals surface area contributed by atoms with Crippen LogP contribution in [0.2, 0.25) is 5.02 Å². The summed E-state index contributed by atoms with van der Waals surface area (Å²) in [6.07, 6.45) is 0.837. The number of hydrogen-bond donors (Lipinski definition) is 0. The lowest BCUT2D eigenvalue weighted by Crippen LogP contribution is -2.28. The number of anilines is 2. The Bertz CT molecular complexity index is 812. The normalized spacial score (nSPS) is 19.3. The Labute approximate surface area is 145 Å². The SMILES string of the molecule is CCC1(C)CN(c2ccc(Cl)c(F)c2)c2ccc(C(=O)OC)nc21. The Hall–Kier alpha value is -2.14. The number of carbonyl (C=O) groups is 1. The van der Waals surface area contributed by atoms with Crippen molar-refractivity contribution in [3.63, 3.8) is 0 Å². The standard InChI is InChI=1S/C18H18ClFN2O2/c1-4-18(2)10-22(11-5-6-12(19)13(20)9-11)15-8-7-14(17(23)24-3)21-16(15)18/h5-9H,4,10H2,1-3H3. The zero-order valence-electron chi connectivity index (χ0n) is 13.8. The van der Waals surface area contributed by atoms with Crippen LogP contribution in [-0.4, -0.2) is 24.6 Å². The molecule has 0 amide bonds. The molecule has 0 fully saturated rings. The maximum absolute atomic E-state index is 13.9. The number of fused-ring (bicyclic) bond motifs is 1. The average molecular weight is 349 g/mol. The van der Waals surface area contributed by atoms with Crippen molar-refractivity contribution in [3.05, 3.63) is 52.6 Å². The number of aromatic nitrogens is 1. The molecule has 1 unspecified atom stereocenters. The van der Waals surface area contributed by atoms with Gasteiger partial charge in [-0.15, -0.1) is 0 Å². The second-order valence-corrected chi connectivity index (χ2v) is 6.56. The van der Waals surface area contributed by atoms with Gasteiger partial charge < -0.3 is 9.64 Å². The van der Waals surface area contributed by atoms with Crippen molar-refractivity contribution < 1.29 is 13.9 Å². The molecular formula is C18H18ClFN2O2. The Balaban J connectivity index is 2.11. The number of esters is 1. The first-order valence-electron chi connectivity index (χ1n) is 7.72. The Morgan fingerprint density at radius 3 is 2.79 bits per heavy atom. The summed E-state index contributed by atoms with van der Waals surface area (Å²) in [5.74, 6) is -0.924. The van der Waals surface area contributed by atoms with E-state index in [1.807, 2.05) is 11.0 Å². The van der Waals surface area contributed by atoms with Crippen molar-refractivity contribution >= 4 is 28.9 Å². The maximum atomic E-state index is 13.9. The molecular weight excluding hydrogens is 331 g/mol. The number of pyridine rings is 1. The quantitative estimate of drug-likeness (QED) is 0.767. The number of carbonyl (C=O) groups excluding carboxylic acids is 1. The van der Waals surface area contributed by atoms with Gasteiger partial charge in [-0.05, 0) is 36.8 Å². The van der Waals surface area contributed by atoms with Gasteiger partial charge in [0.1, 0.15) is 11.5 Å². The van der Waals surface area contributed by atoms with E-state index in [-0.39, 0.29) is 16.1 Å².